The van der Waals surface area contributed by atoms with Crippen LogP contribution in [-0.2, 0) is 0 Å². The van der Waals surface area contributed by atoms with Gasteiger partial charge in [0.1, 0.15) is 11.6 Å². The SMILES string of the molecule is CC1(C2C(=O)c3ccccc3N2C(=O)c2cc[nH+]cc2)C(=O)c2ccccc2N1C(=O)c1cc[nH+]cc1. The molecule has 0 bridgehead atoms. The van der Waals surface area contributed by atoms with Crippen molar-refractivity contribution in [2.45, 2.75) is 18.5 Å². The molecule has 2 atom stereocenters. The summed E-state index contributed by atoms with van der Waals surface area (Å²) in [6, 6.07) is 18.8. The summed E-state index contributed by atoms with van der Waals surface area (Å²) in [5, 5.41) is 0. The number of H-pyrrole nitrogens is 2. The number of benzene rings is 2. The number of aromatic amines is 2. The van der Waals surface area contributed by atoms with Crippen LogP contribution in [0.3, 0.4) is 0 Å². The second kappa shape index (κ2) is 8.30. The molecule has 4 aromatic rings. The summed E-state index contributed by atoms with van der Waals surface area (Å²) in [6.07, 6.45) is 6.47. The molecule has 0 saturated carbocycles. The van der Waals surface area contributed by atoms with E-state index in [0.29, 0.717) is 33.6 Å². The number of pyridine rings is 2. The molecular weight excluding hydrogens is 468 g/mol. The summed E-state index contributed by atoms with van der Waals surface area (Å²) in [5.74, 6) is -1.68. The molecule has 0 saturated heterocycles. The van der Waals surface area contributed by atoms with Gasteiger partial charge in [-0.2, -0.15) is 0 Å². The molecule has 2 aliphatic rings. The molecule has 0 aliphatic carbocycles. The number of ketones is 2. The number of nitrogens with zero attached hydrogens (tertiary/aromatic N) is 2. The van der Waals surface area contributed by atoms with Crippen LogP contribution in [0.15, 0.2) is 97.6 Å². The maximum Gasteiger partial charge on any atom is 0.259 e. The number of amides is 2. The first-order valence-electron chi connectivity index (χ1n) is 11.8. The lowest BCUT2D eigenvalue weighted by Crippen LogP contribution is -2.66. The van der Waals surface area contributed by atoms with E-state index in [1.165, 1.54) is 9.80 Å². The molecule has 4 heterocycles. The number of carbonyl (C=O) groups excluding carboxylic acids is 4. The van der Waals surface area contributed by atoms with Gasteiger partial charge in [0.15, 0.2) is 36.4 Å². The van der Waals surface area contributed by atoms with Crippen molar-refractivity contribution < 1.29 is 29.1 Å². The maximum absolute atomic E-state index is 14.2. The lowest BCUT2D eigenvalue weighted by Gasteiger charge is -2.41. The average molecular weight is 491 g/mol. The van der Waals surface area contributed by atoms with Gasteiger partial charge < -0.3 is 0 Å². The quantitative estimate of drug-likeness (QED) is 0.441. The number of para-hydroxylation sites is 2. The van der Waals surface area contributed by atoms with Crippen LogP contribution in [0.5, 0.6) is 0 Å². The van der Waals surface area contributed by atoms with E-state index in [1.54, 1.807) is 105 Å². The van der Waals surface area contributed by atoms with Crippen LogP contribution < -0.4 is 19.8 Å². The first-order valence-corrected chi connectivity index (χ1v) is 11.8. The van der Waals surface area contributed by atoms with Crippen molar-refractivity contribution in [2.24, 2.45) is 0 Å². The number of rotatable bonds is 3. The van der Waals surface area contributed by atoms with Crippen LogP contribution >= 0.6 is 0 Å². The molecule has 0 fully saturated rings. The number of anilines is 2. The standard InChI is InChI=1S/C29H20N4O4/c1-29(26(35)21-7-3-5-9-23(21)33(29)28(37)19-12-16-31-17-13-19)25-24(34)20-6-2-4-8-22(20)32(25)27(36)18-10-14-30-15-11-18/h2-17,25H,1H3/p+2. The minimum absolute atomic E-state index is 0.325. The van der Waals surface area contributed by atoms with Gasteiger partial charge in [-0.25, -0.2) is 9.97 Å². The van der Waals surface area contributed by atoms with Gasteiger partial charge in [0, 0.05) is 35.4 Å². The smallest absolute Gasteiger partial charge is 0.259 e. The molecule has 8 nitrogen and oxygen atoms in total. The number of nitrogens with one attached hydrogen (secondary N) is 2. The maximum atomic E-state index is 14.2. The molecule has 2 amide bonds. The van der Waals surface area contributed by atoms with E-state index in [1.807, 2.05) is 0 Å². The highest BCUT2D eigenvalue weighted by Gasteiger charge is 2.62. The van der Waals surface area contributed by atoms with Crippen LogP contribution in [0, 0.1) is 0 Å². The van der Waals surface area contributed by atoms with E-state index in [2.05, 4.69) is 9.97 Å². The van der Waals surface area contributed by atoms with Gasteiger partial charge in [-0.1, -0.05) is 24.3 Å². The summed E-state index contributed by atoms with van der Waals surface area (Å²) in [4.78, 5) is 64.7. The fourth-order valence-electron chi connectivity index (χ4n) is 5.41. The van der Waals surface area contributed by atoms with Gasteiger partial charge in [-0.15, -0.1) is 0 Å². The van der Waals surface area contributed by atoms with E-state index in [-0.39, 0.29) is 0 Å². The average Bonchev–Trinajstić information content (AvgIpc) is 3.37. The van der Waals surface area contributed by atoms with E-state index in [4.69, 9.17) is 0 Å². The monoisotopic (exact) mass is 490 g/mol. The molecule has 180 valence electrons. The molecule has 0 radical (unpaired) electrons. The first-order chi connectivity index (χ1) is 17.9. The number of aromatic nitrogens is 2. The Morgan fingerprint density at radius 1 is 0.703 bits per heavy atom. The first kappa shape index (κ1) is 22.5. The third kappa shape index (κ3) is 3.15. The van der Waals surface area contributed by atoms with Gasteiger partial charge >= 0.3 is 0 Å². The largest absolute Gasteiger partial charge is 0.294 e. The second-order valence-corrected chi connectivity index (χ2v) is 9.17. The van der Waals surface area contributed by atoms with Gasteiger partial charge in [0.2, 0.25) is 0 Å². The Morgan fingerprint density at radius 2 is 1.22 bits per heavy atom. The Balaban J connectivity index is 1.58. The molecule has 8 heteroatoms. The summed E-state index contributed by atoms with van der Waals surface area (Å²) < 4.78 is 0. The highest BCUT2D eigenvalue weighted by atomic mass is 16.2. The Kier molecular flexibility index (Phi) is 5.05. The summed E-state index contributed by atoms with van der Waals surface area (Å²) in [7, 11) is 0. The Morgan fingerprint density at radius 3 is 1.84 bits per heavy atom. The fourth-order valence-corrected chi connectivity index (χ4v) is 5.41. The van der Waals surface area contributed by atoms with Gasteiger partial charge in [-0.3, -0.25) is 29.0 Å². The topological polar surface area (TPSA) is 103 Å². The third-order valence-corrected chi connectivity index (χ3v) is 7.13. The molecule has 2 aromatic carbocycles. The van der Waals surface area contributed by atoms with Crippen molar-refractivity contribution in [1.82, 2.24) is 0 Å². The van der Waals surface area contributed by atoms with E-state index in [0.717, 1.165) is 0 Å². The van der Waals surface area contributed by atoms with Crippen molar-refractivity contribution >= 4 is 34.8 Å². The van der Waals surface area contributed by atoms with Crippen LogP contribution in [-0.4, -0.2) is 35.0 Å². The zero-order valence-electron chi connectivity index (χ0n) is 19.8. The Hall–Kier alpha value is -4.98. The highest BCUT2D eigenvalue weighted by Crippen LogP contribution is 2.47. The summed E-state index contributed by atoms with van der Waals surface area (Å²) >= 11 is 0. The normalized spacial score (nSPS) is 20.1. The second-order valence-electron chi connectivity index (χ2n) is 9.17. The molecule has 2 N–H and O–H groups in total. The van der Waals surface area contributed by atoms with Crippen molar-refractivity contribution in [3.63, 3.8) is 0 Å². The predicted octanol–water partition coefficient (Wildman–Crippen LogP) is 2.83. The van der Waals surface area contributed by atoms with E-state index in [9.17, 15) is 19.2 Å². The van der Waals surface area contributed by atoms with Crippen LogP contribution in [0.25, 0.3) is 0 Å². The molecule has 6 rings (SSSR count). The minimum atomic E-state index is -1.70. The minimum Gasteiger partial charge on any atom is -0.294 e. The highest BCUT2D eigenvalue weighted by molar-refractivity contribution is 6.30. The number of carbonyl (C=O) groups is 4. The van der Waals surface area contributed by atoms with Gasteiger partial charge in [0.25, 0.3) is 11.8 Å². The van der Waals surface area contributed by atoms with E-state index >= 15 is 0 Å². The van der Waals surface area contributed by atoms with Crippen molar-refractivity contribution in [1.29, 1.82) is 0 Å². The lowest BCUT2D eigenvalue weighted by molar-refractivity contribution is -0.378. The van der Waals surface area contributed by atoms with Gasteiger partial charge in [0.05, 0.1) is 22.5 Å². The molecule has 2 unspecified atom stereocenters. The van der Waals surface area contributed by atoms with Crippen LogP contribution in [0.2, 0.25) is 0 Å². The number of hydrogen-bond donors (Lipinski definition) is 0. The summed E-state index contributed by atoms with van der Waals surface area (Å²) in [5.41, 5.74) is 0.444. The molecule has 37 heavy (non-hydrogen) atoms. The zero-order chi connectivity index (χ0) is 25.7. The predicted molar refractivity (Wildman–Crippen MR) is 133 cm³/mol. The molecule has 2 aromatic heterocycles. The molecule has 0 spiro atoms. The van der Waals surface area contributed by atoms with Crippen LogP contribution in [0.1, 0.15) is 48.4 Å². The zero-order valence-corrected chi connectivity index (χ0v) is 19.8. The van der Waals surface area contributed by atoms with Crippen molar-refractivity contribution in [2.75, 3.05) is 9.80 Å². The number of hydrogen-bond acceptors (Lipinski definition) is 4. The fraction of sp³-hybridized carbons (Fsp3) is 0.103. The third-order valence-electron chi connectivity index (χ3n) is 7.13. The lowest BCUT2D eigenvalue weighted by atomic mass is 9.83. The van der Waals surface area contributed by atoms with Gasteiger partial charge in [-0.05, 0) is 31.2 Å². The number of Topliss-reactive ketones (excluding diaryl/α,β-unsaturated/α-hetero) is 2. The Labute approximate surface area is 212 Å². The molecule has 2 aliphatic heterocycles. The number of fused-ring (bicyclic) bond motifs is 2. The molecular formula is C29H22N4O4+2. The van der Waals surface area contributed by atoms with Crippen LogP contribution in [0.4, 0.5) is 11.4 Å². The van der Waals surface area contributed by atoms with Crippen molar-refractivity contribution in [3.8, 4) is 0 Å². The Bertz CT molecular complexity index is 1590. The van der Waals surface area contributed by atoms with Crippen molar-refractivity contribution in [3.05, 3.63) is 120 Å². The van der Waals surface area contributed by atoms with E-state index < -0.39 is 35.0 Å². The summed E-state index contributed by atoms with van der Waals surface area (Å²) in [6.45, 7) is 1.58.